The summed E-state index contributed by atoms with van der Waals surface area (Å²) in [6, 6.07) is 12.0. The summed E-state index contributed by atoms with van der Waals surface area (Å²) in [6.45, 7) is 0.512. The molecule has 0 atom stereocenters. The molecule has 4 heteroatoms. The third kappa shape index (κ3) is 1.96. The number of hydrogen-bond donors (Lipinski definition) is 2. The molecule has 4 nitrogen and oxygen atoms in total. The Labute approximate surface area is 110 Å². The number of nitrogens with two attached hydrogens (primary N) is 1. The second-order valence-electron chi connectivity index (χ2n) is 4.34. The van der Waals surface area contributed by atoms with Crippen LogP contribution < -0.4 is 5.73 Å². The maximum absolute atomic E-state index is 8.96. The fourth-order valence-corrected chi connectivity index (χ4v) is 2.17. The average Bonchev–Trinajstić information content (AvgIpc) is 2.90. The predicted molar refractivity (Wildman–Crippen MR) is 74.1 cm³/mol. The van der Waals surface area contributed by atoms with Crippen LogP contribution in [0.4, 0.5) is 0 Å². The number of fused-ring (bicyclic) bond motifs is 1. The summed E-state index contributed by atoms with van der Waals surface area (Å²) < 4.78 is 0. The molecule has 0 fully saturated rings. The normalized spacial score (nSPS) is 10.5. The van der Waals surface area contributed by atoms with Gasteiger partial charge in [-0.1, -0.05) is 18.2 Å². The standard InChI is InChI=1S/C15H12N4/c16-6-10-2-1-3-12(4-10)14-9-19-15-13(14)5-11(7-17)8-18-15/h1-5,8-9H,6,16H2,(H,18,19). The molecular weight excluding hydrogens is 236 g/mol. The summed E-state index contributed by atoms with van der Waals surface area (Å²) in [5.74, 6) is 0. The molecule has 0 radical (unpaired) electrons. The summed E-state index contributed by atoms with van der Waals surface area (Å²) in [6.07, 6.45) is 3.48. The quantitative estimate of drug-likeness (QED) is 0.731. The highest BCUT2D eigenvalue weighted by atomic mass is 14.8. The molecule has 2 aromatic heterocycles. The Morgan fingerprint density at radius 2 is 2.21 bits per heavy atom. The molecule has 0 aliphatic heterocycles. The average molecular weight is 248 g/mol. The monoisotopic (exact) mass is 248 g/mol. The SMILES string of the molecule is N#Cc1cnc2[nH]cc(-c3cccc(CN)c3)c2c1. The molecule has 3 N–H and O–H groups in total. The largest absolute Gasteiger partial charge is 0.346 e. The Bertz CT molecular complexity index is 780. The first-order valence-corrected chi connectivity index (χ1v) is 5.98. The number of hydrogen-bond acceptors (Lipinski definition) is 3. The Kier molecular flexibility index (Phi) is 2.75. The first kappa shape index (κ1) is 11.5. The lowest BCUT2D eigenvalue weighted by Gasteiger charge is -2.02. The van der Waals surface area contributed by atoms with Crippen molar-refractivity contribution in [1.82, 2.24) is 9.97 Å². The van der Waals surface area contributed by atoms with E-state index in [1.54, 1.807) is 6.20 Å². The van der Waals surface area contributed by atoms with Crippen LogP contribution in [0.2, 0.25) is 0 Å². The number of pyridine rings is 1. The predicted octanol–water partition coefficient (Wildman–Crippen LogP) is 2.56. The molecule has 2 heterocycles. The molecule has 0 saturated carbocycles. The van der Waals surface area contributed by atoms with Gasteiger partial charge in [-0.3, -0.25) is 0 Å². The van der Waals surface area contributed by atoms with Gasteiger partial charge in [-0.15, -0.1) is 0 Å². The highest BCUT2D eigenvalue weighted by Crippen LogP contribution is 2.28. The molecule has 0 saturated heterocycles. The van der Waals surface area contributed by atoms with Gasteiger partial charge in [0.25, 0.3) is 0 Å². The number of aromatic amines is 1. The van der Waals surface area contributed by atoms with E-state index in [9.17, 15) is 0 Å². The van der Waals surface area contributed by atoms with Gasteiger partial charge < -0.3 is 10.7 Å². The number of nitrogens with one attached hydrogen (secondary N) is 1. The molecule has 0 amide bonds. The minimum absolute atomic E-state index is 0.512. The number of benzene rings is 1. The highest BCUT2D eigenvalue weighted by molar-refractivity contribution is 5.94. The molecule has 92 valence electrons. The summed E-state index contributed by atoms with van der Waals surface area (Å²) in [4.78, 5) is 7.36. The number of rotatable bonds is 2. The van der Waals surface area contributed by atoms with Crippen molar-refractivity contribution in [2.45, 2.75) is 6.54 Å². The molecule has 3 aromatic rings. The molecule has 0 unspecified atom stereocenters. The number of aromatic nitrogens is 2. The zero-order valence-electron chi connectivity index (χ0n) is 10.2. The maximum atomic E-state index is 8.96. The Balaban J connectivity index is 2.21. The minimum atomic E-state index is 0.512. The van der Waals surface area contributed by atoms with Crippen LogP contribution in [0, 0.1) is 11.3 Å². The van der Waals surface area contributed by atoms with Crippen LogP contribution in [0.3, 0.4) is 0 Å². The lowest BCUT2D eigenvalue weighted by atomic mass is 10.0. The van der Waals surface area contributed by atoms with E-state index in [-0.39, 0.29) is 0 Å². The van der Waals surface area contributed by atoms with Gasteiger partial charge >= 0.3 is 0 Å². The van der Waals surface area contributed by atoms with Crippen LogP contribution in [0.5, 0.6) is 0 Å². The van der Waals surface area contributed by atoms with Crippen LogP contribution in [0.1, 0.15) is 11.1 Å². The lowest BCUT2D eigenvalue weighted by molar-refractivity contribution is 1.07. The topological polar surface area (TPSA) is 78.5 Å². The fourth-order valence-electron chi connectivity index (χ4n) is 2.17. The zero-order chi connectivity index (χ0) is 13.2. The molecular formula is C15H12N4. The van der Waals surface area contributed by atoms with Gasteiger partial charge in [0.05, 0.1) is 5.56 Å². The van der Waals surface area contributed by atoms with E-state index in [1.807, 2.05) is 30.5 Å². The summed E-state index contributed by atoms with van der Waals surface area (Å²) in [7, 11) is 0. The van der Waals surface area contributed by atoms with Gasteiger partial charge in [-0.25, -0.2) is 4.98 Å². The van der Waals surface area contributed by atoms with E-state index in [4.69, 9.17) is 11.0 Å². The summed E-state index contributed by atoms with van der Waals surface area (Å²) in [5.41, 5.74) is 10.2. The van der Waals surface area contributed by atoms with Gasteiger partial charge in [0.1, 0.15) is 11.7 Å². The van der Waals surface area contributed by atoms with E-state index in [0.29, 0.717) is 12.1 Å². The van der Waals surface area contributed by atoms with E-state index >= 15 is 0 Å². The maximum Gasteiger partial charge on any atom is 0.137 e. The van der Waals surface area contributed by atoms with Gasteiger partial charge in [0.2, 0.25) is 0 Å². The van der Waals surface area contributed by atoms with Crippen LogP contribution in [0.25, 0.3) is 22.2 Å². The van der Waals surface area contributed by atoms with Crippen molar-refractivity contribution in [3.8, 4) is 17.2 Å². The van der Waals surface area contributed by atoms with Crippen molar-refractivity contribution in [2.75, 3.05) is 0 Å². The van der Waals surface area contributed by atoms with Gasteiger partial charge in [-0.05, 0) is 23.3 Å². The highest BCUT2D eigenvalue weighted by Gasteiger charge is 2.08. The molecule has 0 bridgehead atoms. The molecule has 0 aliphatic carbocycles. The van der Waals surface area contributed by atoms with E-state index in [0.717, 1.165) is 27.7 Å². The van der Waals surface area contributed by atoms with Gasteiger partial charge in [0.15, 0.2) is 0 Å². The van der Waals surface area contributed by atoms with Crippen LogP contribution in [-0.2, 0) is 6.54 Å². The molecule has 19 heavy (non-hydrogen) atoms. The number of nitriles is 1. The molecule has 1 aromatic carbocycles. The second-order valence-corrected chi connectivity index (χ2v) is 4.34. The lowest BCUT2D eigenvalue weighted by Crippen LogP contribution is -1.95. The Morgan fingerprint density at radius 3 is 3.00 bits per heavy atom. The molecule has 0 spiro atoms. The number of H-pyrrole nitrogens is 1. The summed E-state index contributed by atoms with van der Waals surface area (Å²) in [5, 5.41) is 9.91. The smallest absolute Gasteiger partial charge is 0.137 e. The van der Waals surface area contributed by atoms with E-state index < -0.39 is 0 Å². The minimum Gasteiger partial charge on any atom is -0.346 e. The van der Waals surface area contributed by atoms with Crippen molar-refractivity contribution in [1.29, 1.82) is 5.26 Å². The van der Waals surface area contributed by atoms with Crippen LogP contribution in [-0.4, -0.2) is 9.97 Å². The van der Waals surface area contributed by atoms with Gasteiger partial charge in [0, 0.05) is 29.9 Å². The Hall–Kier alpha value is -2.64. The first-order chi connectivity index (χ1) is 9.31. The van der Waals surface area contributed by atoms with Crippen LogP contribution >= 0.6 is 0 Å². The fraction of sp³-hybridized carbons (Fsp3) is 0.0667. The Morgan fingerprint density at radius 1 is 1.32 bits per heavy atom. The zero-order valence-corrected chi connectivity index (χ0v) is 10.2. The summed E-state index contributed by atoms with van der Waals surface area (Å²) >= 11 is 0. The first-order valence-electron chi connectivity index (χ1n) is 5.98. The van der Waals surface area contributed by atoms with Crippen molar-refractivity contribution in [3.63, 3.8) is 0 Å². The van der Waals surface area contributed by atoms with Crippen molar-refractivity contribution in [2.24, 2.45) is 5.73 Å². The third-order valence-electron chi connectivity index (χ3n) is 3.13. The second kappa shape index (κ2) is 4.56. The molecule has 0 aliphatic rings. The van der Waals surface area contributed by atoms with Crippen molar-refractivity contribution < 1.29 is 0 Å². The van der Waals surface area contributed by atoms with Gasteiger partial charge in [-0.2, -0.15) is 5.26 Å². The van der Waals surface area contributed by atoms with Crippen LogP contribution in [0.15, 0.2) is 42.7 Å². The van der Waals surface area contributed by atoms with E-state index in [1.165, 1.54) is 0 Å². The third-order valence-corrected chi connectivity index (χ3v) is 3.13. The van der Waals surface area contributed by atoms with Crippen molar-refractivity contribution >= 4 is 11.0 Å². The molecule has 3 rings (SSSR count). The number of nitrogens with zero attached hydrogens (tertiary/aromatic N) is 2. The van der Waals surface area contributed by atoms with E-state index in [2.05, 4.69) is 22.1 Å². The van der Waals surface area contributed by atoms with Crippen molar-refractivity contribution in [3.05, 3.63) is 53.9 Å².